The fourth-order valence-electron chi connectivity index (χ4n) is 2.36. The first-order valence-electron chi connectivity index (χ1n) is 8.04. The first-order chi connectivity index (χ1) is 12.6. The van der Waals surface area contributed by atoms with Crippen molar-refractivity contribution in [2.24, 2.45) is 0 Å². The predicted molar refractivity (Wildman–Crippen MR) is 93.7 cm³/mol. The lowest BCUT2D eigenvalue weighted by Crippen LogP contribution is -2.25. The van der Waals surface area contributed by atoms with Gasteiger partial charge in [-0.15, -0.1) is 0 Å². The molecular weight excluding hydrogens is 359 g/mol. The van der Waals surface area contributed by atoms with E-state index in [9.17, 15) is 9.18 Å². The van der Waals surface area contributed by atoms with Crippen LogP contribution in [-0.4, -0.2) is 27.8 Å². The third kappa shape index (κ3) is 4.23. The van der Waals surface area contributed by atoms with Crippen molar-refractivity contribution in [1.29, 1.82) is 0 Å². The molecule has 3 rings (SSSR count). The Bertz CT molecular complexity index is 892. The van der Waals surface area contributed by atoms with Crippen molar-refractivity contribution in [3.05, 3.63) is 46.7 Å². The van der Waals surface area contributed by atoms with Gasteiger partial charge in [0.2, 0.25) is 5.06 Å². The van der Waals surface area contributed by atoms with Crippen LogP contribution in [0.1, 0.15) is 23.3 Å². The van der Waals surface area contributed by atoms with E-state index in [1.807, 2.05) is 13.8 Å². The number of hydrogen-bond donors (Lipinski definition) is 1. The van der Waals surface area contributed by atoms with Crippen molar-refractivity contribution in [2.45, 2.75) is 26.7 Å². The highest BCUT2D eigenvalue weighted by atomic mass is 32.1. The summed E-state index contributed by atoms with van der Waals surface area (Å²) in [5.41, 5.74) is 2.04. The summed E-state index contributed by atoms with van der Waals surface area (Å²) in [5.74, 6) is 0.277. The topological polar surface area (TPSA) is 90.1 Å². The lowest BCUT2D eigenvalue weighted by atomic mass is 10.1. The summed E-state index contributed by atoms with van der Waals surface area (Å²) >= 11 is 1.31. The quantitative estimate of drug-likeness (QED) is 0.708. The number of rotatable bonds is 6. The molecule has 0 unspecified atom stereocenters. The standard InChI is InChI=1S/C17H17FN4O3S/c1-3-19-17(23)24-15-9-21-14(26-15)7-5-12-10(2)25-22-16(12)13-6-4-11(18)8-20-13/h4,6,8-9H,3,5,7H2,1-2H3,(H,19,23). The summed E-state index contributed by atoms with van der Waals surface area (Å²) in [7, 11) is 0. The minimum Gasteiger partial charge on any atom is -0.397 e. The Balaban J connectivity index is 1.69. The largest absolute Gasteiger partial charge is 0.413 e. The normalized spacial score (nSPS) is 10.7. The molecule has 0 saturated heterocycles. The van der Waals surface area contributed by atoms with Gasteiger partial charge in [0, 0.05) is 18.5 Å². The molecule has 26 heavy (non-hydrogen) atoms. The zero-order valence-corrected chi connectivity index (χ0v) is 15.1. The van der Waals surface area contributed by atoms with E-state index in [1.54, 1.807) is 6.07 Å². The van der Waals surface area contributed by atoms with Gasteiger partial charge in [-0.25, -0.2) is 14.2 Å². The maximum Gasteiger partial charge on any atom is 0.413 e. The average Bonchev–Trinajstić information content (AvgIpc) is 3.20. The highest BCUT2D eigenvalue weighted by Gasteiger charge is 2.17. The summed E-state index contributed by atoms with van der Waals surface area (Å²) in [4.78, 5) is 19.8. The molecule has 1 N–H and O–H groups in total. The van der Waals surface area contributed by atoms with Gasteiger partial charge in [0.1, 0.15) is 17.3 Å². The number of ether oxygens (including phenoxy) is 1. The highest BCUT2D eigenvalue weighted by Crippen LogP contribution is 2.27. The van der Waals surface area contributed by atoms with Crippen LogP contribution < -0.4 is 10.1 Å². The zero-order chi connectivity index (χ0) is 18.5. The molecule has 0 spiro atoms. The van der Waals surface area contributed by atoms with E-state index < -0.39 is 11.9 Å². The van der Waals surface area contributed by atoms with Crippen molar-refractivity contribution < 1.29 is 18.4 Å². The third-order valence-electron chi connectivity index (χ3n) is 3.59. The number of halogens is 1. The molecule has 0 saturated carbocycles. The van der Waals surface area contributed by atoms with Crippen LogP contribution in [0.25, 0.3) is 11.4 Å². The van der Waals surface area contributed by atoms with Crippen molar-refractivity contribution in [3.63, 3.8) is 0 Å². The van der Waals surface area contributed by atoms with Gasteiger partial charge in [0.25, 0.3) is 0 Å². The molecule has 0 fully saturated rings. The second kappa shape index (κ2) is 8.05. The number of pyridine rings is 1. The Morgan fingerprint density at radius 1 is 1.31 bits per heavy atom. The number of amides is 1. The minimum atomic E-state index is -0.498. The third-order valence-corrected chi connectivity index (χ3v) is 4.53. The summed E-state index contributed by atoms with van der Waals surface area (Å²) in [6.07, 6.45) is 3.42. The lowest BCUT2D eigenvalue weighted by Gasteiger charge is -2.01. The molecule has 3 heterocycles. The summed E-state index contributed by atoms with van der Waals surface area (Å²) < 4.78 is 23.5. The number of hydrogen-bond acceptors (Lipinski definition) is 7. The Morgan fingerprint density at radius 3 is 2.88 bits per heavy atom. The van der Waals surface area contributed by atoms with Gasteiger partial charge < -0.3 is 14.6 Å². The molecule has 9 heteroatoms. The van der Waals surface area contributed by atoms with Crippen LogP contribution in [-0.2, 0) is 12.8 Å². The van der Waals surface area contributed by atoms with Gasteiger partial charge >= 0.3 is 6.09 Å². The minimum absolute atomic E-state index is 0.405. The molecule has 0 atom stereocenters. The van der Waals surface area contributed by atoms with Crippen molar-refractivity contribution in [3.8, 4) is 16.5 Å². The smallest absolute Gasteiger partial charge is 0.397 e. The number of nitrogens with one attached hydrogen (secondary N) is 1. The monoisotopic (exact) mass is 376 g/mol. The van der Waals surface area contributed by atoms with Crippen molar-refractivity contribution in [2.75, 3.05) is 6.54 Å². The van der Waals surface area contributed by atoms with Crippen LogP contribution in [0.3, 0.4) is 0 Å². The molecule has 0 aliphatic heterocycles. The Morgan fingerprint density at radius 2 is 2.15 bits per heavy atom. The molecule has 3 aromatic heterocycles. The van der Waals surface area contributed by atoms with E-state index in [-0.39, 0.29) is 0 Å². The van der Waals surface area contributed by atoms with Crippen LogP contribution in [0, 0.1) is 12.7 Å². The maximum atomic E-state index is 13.1. The van der Waals surface area contributed by atoms with Gasteiger partial charge in [0.05, 0.1) is 23.1 Å². The first-order valence-corrected chi connectivity index (χ1v) is 8.86. The molecule has 0 aromatic carbocycles. The first kappa shape index (κ1) is 18.0. The fourth-order valence-corrected chi connectivity index (χ4v) is 3.13. The van der Waals surface area contributed by atoms with E-state index in [1.165, 1.54) is 23.6 Å². The van der Waals surface area contributed by atoms with E-state index >= 15 is 0 Å². The van der Waals surface area contributed by atoms with Crippen molar-refractivity contribution >= 4 is 17.4 Å². The van der Waals surface area contributed by atoms with Crippen LogP contribution in [0.15, 0.2) is 29.0 Å². The molecule has 136 valence electrons. The Kier molecular flexibility index (Phi) is 5.57. The van der Waals surface area contributed by atoms with Crippen LogP contribution in [0.5, 0.6) is 5.06 Å². The fraction of sp³-hybridized carbons (Fsp3) is 0.294. The van der Waals surface area contributed by atoms with Gasteiger partial charge in [0.15, 0.2) is 0 Å². The summed E-state index contributed by atoms with van der Waals surface area (Å²) in [6.45, 7) is 4.13. The van der Waals surface area contributed by atoms with E-state index in [0.29, 0.717) is 41.6 Å². The SMILES string of the molecule is CCNC(=O)Oc1cnc(CCc2c(-c3ccc(F)cn3)noc2C)s1. The van der Waals surface area contributed by atoms with Crippen molar-refractivity contribution in [1.82, 2.24) is 20.4 Å². The van der Waals surface area contributed by atoms with E-state index in [4.69, 9.17) is 9.26 Å². The second-order valence-corrected chi connectivity index (χ2v) is 6.50. The molecule has 0 bridgehead atoms. The van der Waals surface area contributed by atoms with Gasteiger partial charge in [-0.3, -0.25) is 4.98 Å². The van der Waals surface area contributed by atoms with E-state index in [0.717, 1.165) is 16.8 Å². The highest BCUT2D eigenvalue weighted by molar-refractivity contribution is 7.13. The summed E-state index contributed by atoms with van der Waals surface area (Å²) in [6, 6.07) is 2.90. The second-order valence-electron chi connectivity index (χ2n) is 5.42. The number of thiazole rings is 1. The number of carbonyl (C=O) groups excluding carboxylic acids is 1. The van der Waals surface area contributed by atoms with Gasteiger partial charge in [-0.2, -0.15) is 0 Å². The van der Waals surface area contributed by atoms with Crippen LogP contribution in [0.2, 0.25) is 0 Å². The number of nitrogens with zero attached hydrogens (tertiary/aromatic N) is 3. The Hall–Kier alpha value is -2.81. The molecule has 0 aliphatic carbocycles. The van der Waals surface area contributed by atoms with Gasteiger partial charge in [-0.1, -0.05) is 16.5 Å². The maximum absolute atomic E-state index is 13.1. The van der Waals surface area contributed by atoms with Gasteiger partial charge in [-0.05, 0) is 32.4 Å². The summed E-state index contributed by atoms with van der Waals surface area (Å²) in [5, 5.41) is 7.86. The molecule has 3 aromatic rings. The molecular formula is C17H17FN4O3S. The average molecular weight is 376 g/mol. The predicted octanol–water partition coefficient (Wildman–Crippen LogP) is 3.53. The lowest BCUT2D eigenvalue weighted by molar-refractivity contribution is 0.202. The zero-order valence-electron chi connectivity index (χ0n) is 14.3. The number of aryl methyl sites for hydroxylation is 2. The molecule has 0 radical (unpaired) electrons. The molecule has 0 aliphatic rings. The molecule has 1 amide bonds. The number of carbonyl (C=O) groups is 1. The molecule has 7 nitrogen and oxygen atoms in total. The van der Waals surface area contributed by atoms with Crippen LogP contribution in [0.4, 0.5) is 9.18 Å². The Labute approximate surface area is 153 Å². The van der Waals surface area contributed by atoms with E-state index in [2.05, 4.69) is 20.4 Å². The number of aromatic nitrogens is 3. The van der Waals surface area contributed by atoms with Crippen LogP contribution >= 0.6 is 11.3 Å².